The zero-order valence-corrected chi connectivity index (χ0v) is 10.1. The van der Waals surface area contributed by atoms with Gasteiger partial charge < -0.3 is 9.84 Å². The minimum atomic E-state index is 0.00608. The van der Waals surface area contributed by atoms with Crippen molar-refractivity contribution in [2.24, 2.45) is 0 Å². The summed E-state index contributed by atoms with van der Waals surface area (Å²) in [6.45, 7) is 0.00608. The number of aliphatic hydroxyl groups is 1. The van der Waals surface area contributed by atoms with E-state index in [9.17, 15) is 0 Å². The second kappa shape index (κ2) is 4.78. The molecule has 0 saturated carbocycles. The van der Waals surface area contributed by atoms with Crippen LogP contribution >= 0.6 is 0 Å². The molecule has 1 aromatic heterocycles. The third-order valence-corrected chi connectivity index (χ3v) is 3.27. The first-order valence-corrected chi connectivity index (χ1v) is 6.20. The van der Waals surface area contributed by atoms with Crippen molar-refractivity contribution >= 4 is 0 Å². The van der Waals surface area contributed by atoms with Crippen molar-refractivity contribution in [1.29, 1.82) is 0 Å². The van der Waals surface area contributed by atoms with E-state index in [1.165, 1.54) is 24.0 Å². The second-order valence-corrected chi connectivity index (χ2v) is 4.55. The predicted octanol–water partition coefficient (Wildman–Crippen LogP) is 2.85. The van der Waals surface area contributed by atoms with Crippen LogP contribution in [0.4, 0.5) is 0 Å². The van der Waals surface area contributed by atoms with E-state index in [1.54, 1.807) is 12.3 Å². The lowest BCUT2D eigenvalue weighted by Crippen LogP contribution is -1.91. The molecule has 3 rings (SSSR count). The molecule has 1 N–H and O–H groups in total. The van der Waals surface area contributed by atoms with Gasteiger partial charge in [-0.3, -0.25) is 0 Å². The fraction of sp³-hybridized carbons (Fsp3) is 0.267. The van der Waals surface area contributed by atoms with E-state index < -0.39 is 0 Å². The third-order valence-electron chi connectivity index (χ3n) is 3.27. The summed E-state index contributed by atoms with van der Waals surface area (Å²) >= 11 is 0. The van der Waals surface area contributed by atoms with Gasteiger partial charge in [-0.15, -0.1) is 0 Å². The summed E-state index contributed by atoms with van der Waals surface area (Å²) in [6, 6.07) is 9.82. The standard InChI is InChI=1S/C15H15NO2/c17-10-11-4-7-15(16-9-11)18-14-6-5-12-2-1-3-13(12)8-14/h4-9,17H,1-3,10H2. The molecule has 0 radical (unpaired) electrons. The minimum Gasteiger partial charge on any atom is -0.439 e. The molecule has 18 heavy (non-hydrogen) atoms. The highest BCUT2D eigenvalue weighted by atomic mass is 16.5. The van der Waals surface area contributed by atoms with Gasteiger partial charge in [0.15, 0.2) is 0 Å². The number of hydrogen-bond acceptors (Lipinski definition) is 3. The SMILES string of the molecule is OCc1ccc(Oc2ccc3c(c2)CCC3)nc1. The molecular formula is C15H15NO2. The van der Waals surface area contributed by atoms with Crippen LogP contribution in [0.15, 0.2) is 36.5 Å². The molecule has 0 bridgehead atoms. The maximum absolute atomic E-state index is 8.94. The van der Waals surface area contributed by atoms with Crippen LogP contribution in [-0.2, 0) is 19.4 Å². The van der Waals surface area contributed by atoms with E-state index in [1.807, 2.05) is 12.1 Å². The Morgan fingerprint density at radius 1 is 1.11 bits per heavy atom. The molecular weight excluding hydrogens is 226 g/mol. The first-order chi connectivity index (χ1) is 8.85. The topological polar surface area (TPSA) is 42.4 Å². The summed E-state index contributed by atoms with van der Waals surface area (Å²) in [5.74, 6) is 1.39. The van der Waals surface area contributed by atoms with Gasteiger partial charge in [-0.25, -0.2) is 4.98 Å². The van der Waals surface area contributed by atoms with Gasteiger partial charge in [0, 0.05) is 12.3 Å². The molecule has 1 heterocycles. The Balaban J connectivity index is 1.79. The summed E-state index contributed by atoms with van der Waals surface area (Å²) in [5, 5.41) is 8.94. The van der Waals surface area contributed by atoms with Crippen molar-refractivity contribution in [1.82, 2.24) is 4.98 Å². The molecule has 1 aromatic carbocycles. The Morgan fingerprint density at radius 2 is 2.00 bits per heavy atom. The maximum atomic E-state index is 8.94. The Hall–Kier alpha value is -1.87. The quantitative estimate of drug-likeness (QED) is 0.898. The lowest BCUT2D eigenvalue weighted by atomic mass is 10.1. The molecule has 3 nitrogen and oxygen atoms in total. The summed E-state index contributed by atoms with van der Waals surface area (Å²) in [4.78, 5) is 4.16. The fourth-order valence-electron chi connectivity index (χ4n) is 2.30. The van der Waals surface area contributed by atoms with Crippen molar-refractivity contribution < 1.29 is 9.84 Å². The molecule has 1 aliphatic rings. The molecule has 0 atom stereocenters. The third kappa shape index (κ3) is 2.22. The van der Waals surface area contributed by atoms with Gasteiger partial charge in [-0.1, -0.05) is 6.07 Å². The van der Waals surface area contributed by atoms with Crippen LogP contribution in [-0.4, -0.2) is 10.1 Å². The van der Waals surface area contributed by atoms with Gasteiger partial charge >= 0.3 is 0 Å². The molecule has 0 spiro atoms. The number of aliphatic hydroxyl groups excluding tert-OH is 1. The van der Waals surface area contributed by atoms with Crippen LogP contribution in [0.5, 0.6) is 11.6 Å². The summed E-state index contributed by atoms with van der Waals surface area (Å²) in [7, 11) is 0. The van der Waals surface area contributed by atoms with E-state index in [4.69, 9.17) is 9.84 Å². The molecule has 0 saturated heterocycles. The molecule has 0 aliphatic heterocycles. The molecule has 1 aliphatic carbocycles. The number of ether oxygens (including phenoxy) is 1. The number of aryl methyl sites for hydroxylation is 2. The first kappa shape index (κ1) is 11.2. The Kier molecular flexibility index (Phi) is 2.99. The van der Waals surface area contributed by atoms with Crippen LogP contribution in [0, 0.1) is 0 Å². The van der Waals surface area contributed by atoms with E-state index in [0.29, 0.717) is 5.88 Å². The average molecular weight is 241 g/mol. The maximum Gasteiger partial charge on any atom is 0.219 e. The van der Waals surface area contributed by atoms with Gasteiger partial charge in [0.05, 0.1) is 6.61 Å². The highest BCUT2D eigenvalue weighted by molar-refractivity contribution is 5.39. The van der Waals surface area contributed by atoms with Crippen molar-refractivity contribution in [3.63, 3.8) is 0 Å². The lowest BCUT2D eigenvalue weighted by molar-refractivity contribution is 0.281. The predicted molar refractivity (Wildman–Crippen MR) is 68.7 cm³/mol. The van der Waals surface area contributed by atoms with E-state index in [-0.39, 0.29) is 6.61 Å². The Bertz CT molecular complexity index is 549. The lowest BCUT2D eigenvalue weighted by Gasteiger charge is -2.07. The molecule has 2 aromatic rings. The van der Waals surface area contributed by atoms with Crippen LogP contribution in [0.1, 0.15) is 23.1 Å². The van der Waals surface area contributed by atoms with Gasteiger partial charge in [-0.2, -0.15) is 0 Å². The second-order valence-electron chi connectivity index (χ2n) is 4.55. The number of hydrogen-bond donors (Lipinski definition) is 1. The fourth-order valence-corrected chi connectivity index (χ4v) is 2.30. The van der Waals surface area contributed by atoms with Crippen molar-refractivity contribution in [3.05, 3.63) is 53.2 Å². The van der Waals surface area contributed by atoms with Crippen LogP contribution in [0.3, 0.4) is 0 Å². The summed E-state index contributed by atoms with van der Waals surface area (Å²) < 4.78 is 5.71. The Morgan fingerprint density at radius 3 is 2.78 bits per heavy atom. The number of benzene rings is 1. The van der Waals surface area contributed by atoms with Crippen molar-refractivity contribution in [2.75, 3.05) is 0 Å². The van der Waals surface area contributed by atoms with E-state index in [0.717, 1.165) is 17.7 Å². The van der Waals surface area contributed by atoms with Crippen LogP contribution < -0.4 is 4.74 Å². The number of nitrogens with zero attached hydrogens (tertiary/aromatic N) is 1. The first-order valence-electron chi connectivity index (χ1n) is 6.20. The zero-order valence-electron chi connectivity index (χ0n) is 10.1. The molecule has 0 amide bonds. The van der Waals surface area contributed by atoms with Crippen molar-refractivity contribution in [3.8, 4) is 11.6 Å². The Labute approximate surface area is 106 Å². The summed E-state index contributed by atoms with van der Waals surface area (Å²) in [6.07, 6.45) is 5.19. The molecule has 0 fully saturated rings. The van der Waals surface area contributed by atoms with Gasteiger partial charge in [0.25, 0.3) is 0 Å². The monoisotopic (exact) mass is 241 g/mol. The number of pyridine rings is 1. The normalized spacial score (nSPS) is 13.4. The van der Waals surface area contributed by atoms with Crippen LogP contribution in [0.25, 0.3) is 0 Å². The largest absolute Gasteiger partial charge is 0.439 e. The van der Waals surface area contributed by atoms with E-state index >= 15 is 0 Å². The molecule has 3 heteroatoms. The smallest absolute Gasteiger partial charge is 0.219 e. The zero-order chi connectivity index (χ0) is 12.4. The van der Waals surface area contributed by atoms with Gasteiger partial charge in [0.2, 0.25) is 5.88 Å². The number of rotatable bonds is 3. The van der Waals surface area contributed by atoms with Crippen LogP contribution in [0.2, 0.25) is 0 Å². The summed E-state index contributed by atoms with van der Waals surface area (Å²) in [5.41, 5.74) is 3.61. The average Bonchev–Trinajstić information content (AvgIpc) is 2.87. The van der Waals surface area contributed by atoms with Gasteiger partial charge in [0.1, 0.15) is 5.75 Å². The number of aromatic nitrogens is 1. The van der Waals surface area contributed by atoms with Crippen molar-refractivity contribution in [2.45, 2.75) is 25.9 Å². The highest BCUT2D eigenvalue weighted by Crippen LogP contribution is 2.28. The molecule has 92 valence electrons. The van der Waals surface area contributed by atoms with Gasteiger partial charge in [-0.05, 0) is 54.2 Å². The number of fused-ring (bicyclic) bond motifs is 1. The highest BCUT2D eigenvalue weighted by Gasteiger charge is 2.11. The van der Waals surface area contributed by atoms with E-state index in [2.05, 4.69) is 17.1 Å². The minimum absolute atomic E-state index is 0.00608. The molecule has 0 unspecified atom stereocenters.